The second-order valence-electron chi connectivity index (χ2n) is 9.47. The van der Waals surface area contributed by atoms with E-state index in [4.69, 9.17) is 4.74 Å². The molecular weight excluding hydrogens is 414 g/mol. The minimum atomic E-state index is -0.188. The number of rotatable bonds is 7. The number of fused-ring (bicyclic) bond motifs is 1. The highest BCUT2D eigenvalue weighted by Gasteiger charge is 2.30. The Morgan fingerprint density at radius 1 is 1.27 bits per heavy atom. The van der Waals surface area contributed by atoms with Crippen molar-refractivity contribution in [2.75, 3.05) is 20.2 Å². The fraction of sp³-hybridized carbons (Fsp3) is 0.481. The van der Waals surface area contributed by atoms with Crippen LogP contribution in [-0.2, 0) is 6.42 Å². The number of aryl methyl sites for hydroxylation is 1. The molecule has 3 aromatic rings. The first kappa shape index (κ1) is 23.3. The number of methoxy groups -OCH3 is 1. The van der Waals surface area contributed by atoms with Gasteiger partial charge in [-0.05, 0) is 70.7 Å². The number of benzene rings is 1. The quantitative estimate of drug-likeness (QED) is 0.518. The molecule has 1 aliphatic rings. The molecule has 6 heteroatoms. The molecule has 2 N–H and O–H groups in total. The van der Waals surface area contributed by atoms with E-state index < -0.39 is 0 Å². The second-order valence-corrected chi connectivity index (χ2v) is 9.47. The Labute approximate surface area is 195 Å². The zero-order valence-corrected chi connectivity index (χ0v) is 20.3. The molecule has 1 aliphatic heterocycles. The van der Waals surface area contributed by atoms with Gasteiger partial charge in [-0.15, -0.1) is 0 Å². The van der Waals surface area contributed by atoms with Crippen molar-refractivity contribution in [3.05, 3.63) is 63.2 Å². The molecule has 0 aliphatic carbocycles. The molecule has 4 rings (SSSR count). The molecule has 0 radical (unpaired) electrons. The van der Waals surface area contributed by atoms with Gasteiger partial charge in [-0.2, -0.15) is 0 Å². The summed E-state index contributed by atoms with van der Waals surface area (Å²) in [4.78, 5) is 28.8. The first-order valence-corrected chi connectivity index (χ1v) is 11.9. The van der Waals surface area contributed by atoms with Crippen LogP contribution in [0.4, 0.5) is 0 Å². The minimum absolute atomic E-state index is 0.0648. The largest absolute Gasteiger partial charge is 0.496 e. The van der Waals surface area contributed by atoms with E-state index in [0.717, 1.165) is 47.4 Å². The van der Waals surface area contributed by atoms with Crippen LogP contribution in [-0.4, -0.2) is 35.5 Å². The number of aromatic nitrogens is 2. The fourth-order valence-electron chi connectivity index (χ4n) is 5.68. The molecule has 3 atom stereocenters. The summed E-state index contributed by atoms with van der Waals surface area (Å²) in [6.45, 7) is 10.6. The normalized spacial score (nSPS) is 19.5. The third-order valence-electron chi connectivity index (χ3n) is 7.37. The second kappa shape index (κ2) is 9.56. The lowest BCUT2D eigenvalue weighted by Gasteiger charge is -2.35. The van der Waals surface area contributed by atoms with Gasteiger partial charge in [-0.25, -0.2) is 0 Å². The summed E-state index contributed by atoms with van der Waals surface area (Å²) in [6, 6.07) is 10.3. The van der Waals surface area contributed by atoms with Crippen molar-refractivity contribution in [2.45, 2.75) is 53.0 Å². The molecule has 0 spiro atoms. The van der Waals surface area contributed by atoms with Gasteiger partial charge in [-0.3, -0.25) is 9.59 Å². The molecule has 0 saturated carbocycles. The Bertz CT molecular complexity index is 1220. The van der Waals surface area contributed by atoms with Gasteiger partial charge in [0.1, 0.15) is 5.75 Å². The van der Waals surface area contributed by atoms with E-state index in [-0.39, 0.29) is 17.8 Å². The zero-order valence-electron chi connectivity index (χ0n) is 20.3. The molecular formula is C27H35N3O3. The third kappa shape index (κ3) is 4.36. The van der Waals surface area contributed by atoms with Gasteiger partial charge in [0.05, 0.1) is 12.7 Å². The summed E-state index contributed by atoms with van der Waals surface area (Å²) in [5.74, 6) is 1.74. The molecule has 2 aromatic heterocycles. The average Bonchev–Trinajstić information content (AvgIpc) is 3.09. The van der Waals surface area contributed by atoms with Gasteiger partial charge in [0, 0.05) is 40.3 Å². The smallest absolute Gasteiger partial charge is 0.255 e. The maximum atomic E-state index is 13.5. The SMILES string of the molecule is COc1cc(C)[nH]c(=O)c1CCC(=O)c1c(C)n(C(C)C2CCNCC2C)c2ccccc12. The number of hydrogen-bond acceptors (Lipinski definition) is 4. The molecule has 3 heterocycles. The van der Waals surface area contributed by atoms with Crippen LogP contribution in [0.25, 0.3) is 10.9 Å². The minimum Gasteiger partial charge on any atom is -0.496 e. The van der Waals surface area contributed by atoms with Crippen molar-refractivity contribution in [2.24, 2.45) is 11.8 Å². The Morgan fingerprint density at radius 2 is 2.03 bits per heavy atom. The monoisotopic (exact) mass is 449 g/mol. The first-order chi connectivity index (χ1) is 15.8. The predicted molar refractivity (Wildman–Crippen MR) is 133 cm³/mol. The molecule has 176 valence electrons. The number of aromatic amines is 1. The van der Waals surface area contributed by atoms with Crippen molar-refractivity contribution in [1.29, 1.82) is 0 Å². The summed E-state index contributed by atoms with van der Waals surface area (Å²) in [5.41, 5.74) is 3.99. The van der Waals surface area contributed by atoms with E-state index in [1.54, 1.807) is 13.2 Å². The van der Waals surface area contributed by atoms with E-state index in [1.807, 2.05) is 25.1 Å². The number of nitrogens with one attached hydrogen (secondary N) is 2. The van der Waals surface area contributed by atoms with Crippen LogP contribution in [0, 0.1) is 25.7 Å². The van der Waals surface area contributed by atoms with Crippen LogP contribution < -0.4 is 15.6 Å². The van der Waals surface area contributed by atoms with Gasteiger partial charge in [-0.1, -0.05) is 25.1 Å². The zero-order chi connectivity index (χ0) is 23.7. The number of para-hydroxylation sites is 1. The summed E-state index contributed by atoms with van der Waals surface area (Å²) < 4.78 is 7.78. The molecule has 0 bridgehead atoms. The number of hydrogen-bond donors (Lipinski definition) is 2. The average molecular weight is 450 g/mol. The van der Waals surface area contributed by atoms with E-state index in [2.05, 4.69) is 41.7 Å². The predicted octanol–water partition coefficient (Wildman–Crippen LogP) is 4.58. The molecule has 1 saturated heterocycles. The van der Waals surface area contributed by atoms with Crippen molar-refractivity contribution < 1.29 is 9.53 Å². The summed E-state index contributed by atoms with van der Waals surface area (Å²) in [7, 11) is 1.56. The lowest BCUT2D eigenvalue weighted by atomic mass is 9.82. The van der Waals surface area contributed by atoms with E-state index in [0.29, 0.717) is 35.6 Å². The number of ether oxygens (including phenoxy) is 1. The molecule has 3 unspecified atom stereocenters. The Kier molecular flexibility index (Phi) is 6.75. The van der Waals surface area contributed by atoms with Crippen LogP contribution in [0.5, 0.6) is 5.75 Å². The van der Waals surface area contributed by atoms with E-state index in [9.17, 15) is 9.59 Å². The van der Waals surface area contributed by atoms with Crippen molar-refractivity contribution in [3.8, 4) is 5.75 Å². The lowest BCUT2D eigenvalue weighted by Crippen LogP contribution is -2.38. The van der Waals surface area contributed by atoms with Crippen LogP contribution in [0.1, 0.15) is 60.0 Å². The molecule has 1 fully saturated rings. The Morgan fingerprint density at radius 3 is 2.76 bits per heavy atom. The molecule has 0 amide bonds. The van der Waals surface area contributed by atoms with Crippen LogP contribution in [0.3, 0.4) is 0 Å². The van der Waals surface area contributed by atoms with Gasteiger partial charge in [0.15, 0.2) is 5.78 Å². The van der Waals surface area contributed by atoms with Gasteiger partial charge < -0.3 is 19.6 Å². The maximum Gasteiger partial charge on any atom is 0.255 e. The number of nitrogens with zero attached hydrogens (tertiary/aromatic N) is 1. The number of H-pyrrole nitrogens is 1. The van der Waals surface area contributed by atoms with Crippen LogP contribution >= 0.6 is 0 Å². The highest BCUT2D eigenvalue weighted by molar-refractivity contribution is 6.09. The van der Waals surface area contributed by atoms with Crippen molar-refractivity contribution in [3.63, 3.8) is 0 Å². The Balaban J connectivity index is 1.68. The number of pyridine rings is 1. The number of ketones is 1. The molecule has 6 nitrogen and oxygen atoms in total. The van der Waals surface area contributed by atoms with E-state index in [1.165, 1.54) is 0 Å². The number of piperidine rings is 1. The van der Waals surface area contributed by atoms with Crippen molar-refractivity contribution >= 4 is 16.7 Å². The van der Waals surface area contributed by atoms with Gasteiger partial charge in [0.25, 0.3) is 5.56 Å². The van der Waals surface area contributed by atoms with Gasteiger partial charge >= 0.3 is 0 Å². The summed E-state index contributed by atoms with van der Waals surface area (Å²) in [6.07, 6.45) is 1.74. The highest BCUT2D eigenvalue weighted by atomic mass is 16.5. The molecule has 33 heavy (non-hydrogen) atoms. The number of carbonyl (C=O) groups excluding carboxylic acids is 1. The van der Waals surface area contributed by atoms with Gasteiger partial charge in [0.2, 0.25) is 0 Å². The fourth-order valence-corrected chi connectivity index (χ4v) is 5.68. The Hall–Kier alpha value is -2.86. The standard InChI is InChI=1S/C27H35N3O3/c1-16-15-28-13-12-20(16)18(3)30-19(4)26(21-8-6-7-9-23(21)30)24(31)11-10-22-25(33-5)14-17(2)29-27(22)32/h6-9,14,16,18,20,28H,10-13,15H2,1-5H3,(H,29,32). The van der Waals surface area contributed by atoms with Crippen LogP contribution in [0.2, 0.25) is 0 Å². The third-order valence-corrected chi connectivity index (χ3v) is 7.37. The lowest BCUT2D eigenvalue weighted by molar-refractivity contribution is 0.0983. The first-order valence-electron chi connectivity index (χ1n) is 11.9. The molecule has 1 aromatic carbocycles. The van der Waals surface area contributed by atoms with E-state index >= 15 is 0 Å². The topological polar surface area (TPSA) is 76.1 Å². The highest BCUT2D eigenvalue weighted by Crippen LogP contribution is 2.37. The summed E-state index contributed by atoms with van der Waals surface area (Å²) >= 11 is 0. The summed E-state index contributed by atoms with van der Waals surface area (Å²) in [5, 5.41) is 4.49. The number of Topliss-reactive ketones (excluding diaryl/α,β-unsaturated/α-hetero) is 1. The van der Waals surface area contributed by atoms with Crippen LogP contribution in [0.15, 0.2) is 35.1 Å². The van der Waals surface area contributed by atoms with Crippen molar-refractivity contribution in [1.82, 2.24) is 14.9 Å². The number of carbonyl (C=O) groups is 1. The maximum absolute atomic E-state index is 13.5.